The van der Waals surface area contributed by atoms with E-state index in [2.05, 4.69) is 0 Å². The molecule has 0 amide bonds. The number of carbonyl (C=O) groups is 1. The average Bonchev–Trinajstić information content (AvgIpc) is 3.19. The molecular weight excluding hydrogens is 400 g/mol. The van der Waals surface area contributed by atoms with E-state index in [-0.39, 0.29) is 18.2 Å². The molecule has 3 aliphatic heterocycles. The van der Waals surface area contributed by atoms with Crippen LogP contribution < -0.4 is 0 Å². The molecule has 0 bridgehead atoms. The fraction of sp³-hybridized carbons (Fsp3) is 0.958. The summed E-state index contributed by atoms with van der Waals surface area (Å²) in [4.78, 5) is 13.2. The summed E-state index contributed by atoms with van der Waals surface area (Å²) in [5.74, 6) is -2.35. The highest BCUT2D eigenvalue weighted by atomic mass is 16.8. The highest BCUT2D eigenvalue weighted by Gasteiger charge is 2.62. The summed E-state index contributed by atoms with van der Waals surface area (Å²) >= 11 is 0. The van der Waals surface area contributed by atoms with E-state index in [1.54, 1.807) is 0 Å². The molecule has 3 saturated heterocycles. The molecule has 0 radical (unpaired) electrons. The smallest absolute Gasteiger partial charge is 0.340 e. The van der Waals surface area contributed by atoms with Gasteiger partial charge in [-0.15, -0.1) is 0 Å². The first-order valence-electron chi connectivity index (χ1n) is 12.7. The molecule has 7 nitrogen and oxygen atoms in total. The van der Waals surface area contributed by atoms with Crippen LogP contribution in [0.15, 0.2) is 0 Å². The summed E-state index contributed by atoms with van der Waals surface area (Å²) in [5.41, 5.74) is 0. The Bertz CT molecular complexity index is 675. The second-order valence-corrected chi connectivity index (χ2v) is 10.5. The first kappa shape index (κ1) is 20.8. The molecule has 3 spiro atoms. The summed E-state index contributed by atoms with van der Waals surface area (Å²) in [7, 11) is 0. The van der Waals surface area contributed by atoms with E-state index < -0.39 is 29.6 Å². The zero-order chi connectivity index (χ0) is 20.9. The average molecular weight is 437 g/mol. The van der Waals surface area contributed by atoms with Gasteiger partial charge in [0.2, 0.25) is 5.79 Å². The Morgan fingerprint density at radius 2 is 1.13 bits per heavy atom. The number of ether oxygens (including phenoxy) is 6. The van der Waals surface area contributed by atoms with Gasteiger partial charge in [-0.05, 0) is 38.5 Å². The van der Waals surface area contributed by atoms with Crippen LogP contribution in [0.3, 0.4) is 0 Å². The predicted octanol–water partition coefficient (Wildman–Crippen LogP) is 4.11. The number of rotatable bonds is 1. The van der Waals surface area contributed by atoms with E-state index in [9.17, 15) is 4.79 Å². The molecule has 3 saturated carbocycles. The van der Waals surface area contributed by atoms with Crippen LogP contribution >= 0.6 is 0 Å². The second-order valence-electron chi connectivity index (χ2n) is 10.5. The van der Waals surface area contributed by atoms with Crippen LogP contribution in [0, 0.1) is 0 Å². The minimum atomic E-state index is -0.833. The van der Waals surface area contributed by atoms with Gasteiger partial charge in [0.1, 0.15) is 18.3 Å². The SMILES string of the molecule is O=C1OC2(CCCCC2)O[C@H]2[C@H]([C@H]3COC4(CCCCC4)O3)OC3(CCCCC3)O[C@H]12. The predicted molar refractivity (Wildman–Crippen MR) is 109 cm³/mol. The van der Waals surface area contributed by atoms with Gasteiger partial charge in [-0.25, -0.2) is 4.79 Å². The van der Waals surface area contributed by atoms with Crippen molar-refractivity contribution in [2.75, 3.05) is 6.61 Å². The molecule has 7 heteroatoms. The first-order valence-corrected chi connectivity index (χ1v) is 12.7. The van der Waals surface area contributed by atoms with Crippen molar-refractivity contribution in [1.29, 1.82) is 0 Å². The van der Waals surface area contributed by atoms with Gasteiger partial charge in [-0.3, -0.25) is 0 Å². The molecule has 0 aromatic carbocycles. The lowest BCUT2D eigenvalue weighted by Crippen LogP contribution is -2.69. The van der Waals surface area contributed by atoms with E-state index in [4.69, 9.17) is 28.4 Å². The molecule has 6 aliphatic rings. The van der Waals surface area contributed by atoms with Gasteiger partial charge in [0.15, 0.2) is 17.7 Å². The Hall–Kier alpha value is -0.730. The summed E-state index contributed by atoms with van der Waals surface area (Å²) in [6.45, 7) is 0.482. The molecule has 0 unspecified atom stereocenters. The van der Waals surface area contributed by atoms with Gasteiger partial charge in [0.25, 0.3) is 0 Å². The number of carbonyl (C=O) groups excluding carboxylic acids is 1. The van der Waals surface area contributed by atoms with E-state index in [0.29, 0.717) is 6.61 Å². The third-order valence-corrected chi connectivity index (χ3v) is 8.27. The highest BCUT2D eigenvalue weighted by molar-refractivity contribution is 5.77. The molecule has 4 atom stereocenters. The van der Waals surface area contributed by atoms with Crippen molar-refractivity contribution in [1.82, 2.24) is 0 Å². The lowest BCUT2D eigenvalue weighted by atomic mass is 9.88. The van der Waals surface area contributed by atoms with Crippen molar-refractivity contribution in [3.05, 3.63) is 0 Å². The van der Waals surface area contributed by atoms with Crippen molar-refractivity contribution in [3.63, 3.8) is 0 Å². The molecule has 0 aromatic rings. The monoisotopic (exact) mass is 436 g/mol. The minimum Gasteiger partial charge on any atom is -0.431 e. The van der Waals surface area contributed by atoms with Crippen molar-refractivity contribution < 1.29 is 33.2 Å². The molecule has 0 aromatic heterocycles. The molecule has 174 valence electrons. The standard InChI is InChI=1S/C24H36O7/c25-21-20-19(29-24(31-21)14-8-3-9-15-24)18(28-23(30-20)12-6-2-7-13-23)17-16-26-22(27-17)10-4-1-5-11-22/h17-20H,1-16H2/t17-,18+,19+,20+/m1/s1. The normalized spacial score (nSPS) is 41.2. The topological polar surface area (TPSA) is 72.5 Å². The van der Waals surface area contributed by atoms with Crippen LogP contribution in [0.4, 0.5) is 0 Å². The molecule has 31 heavy (non-hydrogen) atoms. The summed E-state index contributed by atoms with van der Waals surface area (Å²) in [5, 5.41) is 0. The fourth-order valence-corrected chi connectivity index (χ4v) is 6.65. The van der Waals surface area contributed by atoms with Gasteiger partial charge < -0.3 is 28.4 Å². The van der Waals surface area contributed by atoms with Crippen LogP contribution in [-0.4, -0.2) is 54.4 Å². The molecule has 0 N–H and O–H groups in total. The Morgan fingerprint density at radius 3 is 1.77 bits per heavy atom. The number of esters is 1. The van der Waals surface area contributed by atoms with Crippen LogP contribution in [0.2, 0.25) is 0 Å². The Labute approximate surface area is 184 Å². The Balaban J connectivity index is 1.29. The first-order chi connectivity index (χ1) is 15.1. The zero-order valence-corrected chi connectivity index (χ0v) is 18.5. The van der Waals surface area contributed by atoms with Gasteiger partial charge in [0, 0.05) is 38.5 Å². The van der Waals surface area contributed by atoms with Crippen LogP contribution in [0.5, 0.6) is 0 Å². The largest absolute Gasteiger partial charge is 0.431 e. The van der Waals surface area contributed by atoms with E-state index in [1.807, 2.05) is 0 Å². The van der Waals surface area contributed by atoms with Gasteiger partial charge >= 0.3 is 5.97 Å². The Kier molecular flexibility index (Phi) is 5.34. The molecule has 6 fully saturated rings. The maximum Gasteiger partial charge on any atom is 0.340 e. The molecular formula is C24H36O7. The van der Waals surface area contributed by atoms with E-state index >= 15 is 0 Å². The summed E-state index contributed by atoms with van der Waals surface area (Å²) in [6, 6.07) is 0. The molecule has 3 heterocycles. The molecule has 3 aliphatic carbocycles. The second kappa shape index (κ2) is 7.94. The van der Waals surface area contributed by atoms with Crippen LogP contribution in [0.25, 0.3) is 0 Å². The minimum absolute atomic E-state index is 0.250. The maximum atomic E-state index is 13.2. The quantitative estimate of drug-likeness (QED) is 0.573. The van der Waals surface area contributed by atoms with Crippen molar-refractivity contribution >= 4 is 5.97 Å². The van der Waals surface area contributed by atoms with Gasteiger partial charge in [-0.2, -0.15) is 0 Å². The maximum absolute atomic E-state index is 13.2. The van der Waals surface area contributed by atoms with Crippen molar-refractivity contribution in [3.8, 4) is 0 Å². The van der Waals surface area contributed by atoms with E-state index in [0.717, 1.165) is 83.5 Å². The van der Waals surface area contributed by atoms with Crippen LogP contribution in [-0.2, 0) is 33.2 Å². The summed E-state index contributed by atoms with van der Waals surface area (Å²) in [6.07, 6.45) is 12.9. The zero-order valence-electron chi connectivity index (χ0n) is 18.5. The fourth-order valence-electron chi connectivity index (χ4n) is 6.65. The highest BCUT2D eigenvalue weighted by Crippen LogP contribution is 2.48. The lowest BCUT2D eigenvalue weighted by Gasteiger charge is -2.55. The Morgan fingerprint density at radius 1 is 0.581 bits per heavy atom. The number of hydrogen-bond acceptors (Lipinski definition) is 7. The third-order valence-electron chi connectivity index (χ3n) is 8.27. The number of fused-ring (bicyclic) bond motifs is 1. The van der Waals surface area contributed by atoms with E-state index in [1.165, 1.54) is 12.8 Å². The number of hydrogen-bond donors (Lipinski definition) is 0. The summed E-state index contributed by atoms with van der Waals surface area (Å²) < 4.78 is 38.5. The van der Waals surface area contributed by atoms with Crippen molar-refractivity contribution in [2.45, 2.75) is 138 Å². The third kappa shape index (κ3) is 3.74. The van der Waals surface area contributed by atoms with Crippen LogP contribution in [0.1, 0.15) is 96.3 Å². The van der Waals surface area contributed by atoms with Gasteiger partial charge in [0.05, 0.1) is 6.61 Å². The molecule has 6 rings (SSSR count). The lowest BCUT2D eigenvalue weighted by molar-refractivity contribution is -0.413. The van der Waals surface area contributed by atoms with Gasteiger partial charge in [-0.1, -0.05) is 19.3 Å². The van der Waals surface area contributed by atoms with Crippen molar-refractivity contribution in [2.24, 2.45) is 0 Å².